The molecule has 1 aromatic rings. The zero-order valence-electron chi connectivity index (χ0n) is 10.1. The van der Waals surface area contributed by atoms with E-state index in [1.807, 2.05) is 4.90 Å². The molecule has 1 aliphatic rings. The first kappa shape index (κ1) is 16.0. The average Bonchev–Trinajstić information content (AvgIpc) is 2.38. The number of hydrogen-bond acceptors (Lipinski definition) is 4. The van der Waals surface area contributed by atoms with Crippen LogP contribution in [0, 0.1) is 0 Å². The number of nitrogens with one attached hydrogen (secondary N) is 1. The summed E-state index contributed by atoms with van der Waals surface area (Å²) in [5.41, 5.74) is -0.614. The smallest absolute Gasteiger partial charge is 0.392 e. The number of anilines is 1. The van der Waals surface area contributed by atoms with E-state index >= 15 is 0 Å². The molecule has 1 fully saturated rings. The largest absolute Gasteiger partial charge is 0.417 e. The summed E-state index contributed by atoms with van der Waals surface area (Å²) in [5.74, 6) is 0.437. The number of aliphatic hydroxyl groups excluding tert-OH is 1. The number of hydrogen-bond donors (Lipinski definition) is 2. The van der Waals surface area contributed by atoms with Gasteiger partial charge in [0.05, 0.1) is 12.2 Å². The zero-order valence-corrected chi connectivity index (χ0v) is 10.9. The first-order chi connectivity index (χ1) is 8.52. The van der Waals surface area contributed by atoms with Crippen LogP contribution in [0.25, 0.3) is 0 Å². The van der Waals surface area contributed by atoms with Crippen LogP contribution in [0.15, 0.2) is 12.3 Å². The molecule has 0 spiro atoms. The second kappa shape index (κ2) is 6.40. The van der Waals surface area contributed by atoms with E-state index in [9.17, 15) is 18.3 Å². The van der Waals surface area contributed by atoms with Gasteiger partial charge in [-0.1, -0.05) is 0 Å². The van der Waals surface area contributed by atoms with Crippen molar-refractivity contribution in [3.05, 3.63) is 23.4 Å². The molecular formula is C11H15ClF3N3O. The van der Waals surface area contributed by atoms with Crippen molar-refractivity contribution in [1.29, 1.82) is 0 Å². The van der Waals surface area contributed by atoms with Crippen molar-refractivity contribution >= 4 is 18.2 Å². The van der Waals surface area contributed by atoms with Gasteiger partial charge in [0, 0.05) is 37.9 Å². The predicted molar refractivity (Wildman–Crippen MR) is 67.5 cm³/mol. The highest BCUT2D eigenvalue weighted by Gasteiger charge is 2.32. The average molecular weight is 298 g/mol. The van der Waals surface area contributed by atoms with Gasteiger partial charge in [0.1, 0.15) is 5.82 Å². The highest BCUT2D eigenvalue weighted by Crippen LogP contribution is 2.31. The first-order valence-corrected chi connectivity index (χ1v) is 5.65. The monoisotopic (exact) mass is 297 g/mol. The second-order valence-corrected chi connectivity index (χ2v) is 4.10. The third-order valence-corrected chi connectivity index (χ3v) is 2.86. The molecule has 1 aromatic heterocycles. The summed E-state index contributed by atoms with van der Waals surface area (Å²) in [6, 6.07) is 0.963. The number of halogens is 4. The van der Waals surface area contributed by atoms with Gasteiger partial charge < -0.3 is 15.3 Å². The molecule has 108 valence electrons. The summed E-state index contributed by atoms with van der Waals surface area (Å²) in [6.45, 7) is 2.41. The molecule has 1 saturated heterocycles. The summed E-state index contributed by atoms with van der Waals surface area (Å²) in [7, 11) is 0. The Kier molecular flexibility index (Phi) is 5.39. The molecule has 0 unspecified atom stereocenters. The molecular weight excluding hydrogens is 283 g/mol. The van der Waals surface area contributed by atoms with Crippen molar-refractivity contribution in [2.45, 2.75) is 12.8 Å². The van der Waals surface area contributed by atoms with Gasteiger partial charge in [-0.2, -0.15) is 13.2 Å². The molecule has 0 radical (unpaired) electrons. The van der Waals surface area contributed by atoms with Gasteiger partial charge in [-0.05, 0) is 6.07 Å². The summed E-state index contributed by atoms with van der Waals surface area (Å²) in [5, 5.41) is 12.3. The highest BCUT2D eigenvalue weighted by atomic mass is 35.5. The van der Waals surface area contributed by atoms with Crippen LogP contribution < -0.4 is 10.2 Å². The van der Waals surface area contributed by atoms with Gasteiger partial charge in [0.2, 0.25) is 0 Å². The molecule has 8 heteroatoms. The van der Waals surface area contributed by atoms with Gasteiger partial charge >= 0.3 is 6.18 Å². The van der Waals surface area contributed by atoms with Crippen molar-refractivity contribution in [2.24, 2.45) is 0 Å². The van der Waals surface area contributed by atoms with Crippen LogP contribution in [0.2, 0.25) is 0 Å². The van der Waals surface area contributed by atoms with Crippen LogP contribution in [-0.2, 0) is 12.8 Å². The molecule has 4 nitrogen and oxygen atoms in total. The minimum Gasteiger partial charge on any atom is -0.392 e. The molecule has 1 aliphatic heterocycles. The molecule has 2 heterocycles. The van der Waals surface area contributed by atoms with Gasteiger partial charge in [-0.15, -0.1) is 12.4 Å². The Morgan fingerprint density at radius 1 is 1.32 bits per heavy atom. The van der Waals surface area contributed by atoms with E-state index in [-0.39, 0.29) is 18.0 Å². The van der Waals surface area contributed by atoms with Crippen LogP contribution in [-0.4, -0.2) is 36.3 Å². The maximum atomic E-state index is 12.5. The van der Waals surface area contributed by atoms with Crippen LogP contribution in [0.1, 0.15) is 11.1 Å². The van der Waals surface area contributed by atoms with Gasteiger partial charge in [0.15, 0.2) is 0 Å². The van der Waals surface area contributed by atoms with E-state index in [2.05, 4.69) is 10.3 Å². The lowest BCUT2D eigenvalue weighted by Crippen LogP contribution is -2.44. The lowest BCUT2D eigenvalue weighted by Gasteiger charge is -2.30. The number of nitrogens with zero attached hydrogens (tertiary/aromatic N) is 2. The van der Waals surface area contributed by atoms with E-state index in [1.165, 1.54) is 0 Å². The number of aromatic nitrogens is 1. The van der Waals surface area contributed by atoms with Crippen LogP contribution in [0.4, 0.5) is 19.0 Å². The Balaban J connectivity index is 0.00000180. The quantitative estimate of drug-likeness (QED) is 0.867. The molecule has 2 N–H and O–H groups in total. The number of rotatable bonds is 2. The molecule has 0 atom stereocenters. The van der Waals surface area contributed by atoms with Crippen molar-refractivity contribution in [1.82, 2.24) is 10.3 Å². The molecule has 2 rings (SSSR count). The van der Waals surface area contributed by atoms with Crippen molar-refractivity contribution in [3.63, 3.8) is 0 Å². The Bertz CT molecular complexity index is 422. The molecule has 0 aromatic carbocycles. The third kappa shape index (κ3) is 3.71. The second-order valence-electron chi connectivity index (χ2n) is 4.10. The Morgan fingerprint density at radius 3 is 2.47 bits per heavy atom. The lowest BCUT2D eigenvalue weighted by molar-refractivity contribution is -0.137. The van der Waals surface area contributed by atoms with Crippen molar-refractivity contribution < 1.29 is 18.3 Å². The summed E-state index contributed by atoms with van der Waals surface area (Å²) < 4.78 is 37.6. The maximum Gasteiger partial charge on any atom is 0.417 e. The van der Waals surface area contributed by atoms with Crippen LogP contribution in [0.3, 0.4) is 0 Å². The molecule has 0 amide bonds. The van der Waals surface area contributed by atoms with Gasteiger partial charge in [-0.3, -0.25) is 0 Å². The normalized spacial score (nSPS) is 16.1. The Morgan fingerprint density at radius 2 is 1.95 bits per heavy atom. The third-order valence-electron chi connectivity index (χ3n) is 2.86. The standard InChI is InChI=1S/C11H14F3N3O.ClH/c12-11(13,14)9-5-8(7-18)10(16-6-9)17-3-1-15-2-4-17;/h5-6,15,18H,1-4,7H2;1H. The zero-order chi connectivity index (χ0) is 13.2. The Hall–Kier alpha value is -1.05. The van der Waals surface area contributed by atoms with E-state index in [0.29, 0.717) is 18.9 Å². The van der Waals surface area contributed by atoms with Gasteiger partial charge in [0.25, 0.3) is 0 Å². The van der Waals surface area contributed by atoms with Crippen LogP contribution >= 0.6 is 12.4 Å². The fraction of sp³-hybridized carbons (Fsp3) is 0.545. The molecule has 0 bridgehead atoms. The topological polar surface area (TPSA) is 48.4 Å². The maximum absolute atomic E-state index is 12.5. The number of aliphatic hydroxyl groups is 1. The first-order valence-electron chi connectivity index (χ1n) is 5.65. The lowest BCUT2D eigenvalue weighted by atomic mass is 10.1. The molecule has 0 aliphatic carbocycles. The number of piperazine rings is 1. The van der Waals surface area contributed by atoms with E-state index in [1.54, 1.807) is 0 Å². The van der Waals surface area contributed by atoms with E-state index in [4.69, 9.17) is 0 Å². The summed E-state index contributed by atoms with van der Waals surface area (Å²) in [4.78, 5) is 5.73. The fourth-order valence-electron chi connectivity index (χ4n) is 1.94. The predicted octanol–water partition coefficient (Wildman–Crippen LogP) is 1.42. The van der Waals surface area contributed by atoms with Crippen LogP contribution in [0.5, 0.6) is 0 Å². The summed E-state index contributed by atoms with van der Waals surface area (Å²) >= 11 is 0. The SMILES string of the molecule is Cl.OCc1cc(C(F)(F)F)cnc1N1CCNCC1. The minimum absolute atomic E-state index is 0. The van der Waals surface area contributed by atoms with E-state index in [0.717, 1.165) is 25.4 Å². The van der Waals surface area contributed by atoms with Crippen molar-refractivity contribution in [2.75, 3.05) is 31.1 Å². The Labute approximate surface area is 115 Å². The minimum atomic E-state index is -4.43. The summed E-state index contributed by atoms with van der Waals surface area (Å²) in [6.07, 6.45) is -3.62. The van der Waals surface area contributed by atoms with E-state index < -0.39 is 18.3 Å². The molecule has 19 heavy (non-hydrogen) atoms. The van der Waals surface area contributed by atoms with Crippen molar-refractivity contribution in [3.8, 4) is 0 Å². The van der Waals surface area contributed by atoms with Gasteiger partial charge in [-0.25, -0.2) is 4.98 Å². The number of pyridine rings is 1. The number of alkyl halides is 3. The fourth-order valence-corrected chi connectivity index (χ4v) is 1.94. The molecule has 0 saturated carbocycles. The highest BCUT2D eigenvalue weighted by molar-refractivity contribution is 5.85.